The van der Waals surface area contributed by atoms with Crippen molar-refractivity contribution in [3.8, 4) is 0 Å². The van der Waals surface area contributed by atoms with Gasteiger partial charge in [-0.1, -0.05) is 18.2 Å². The molecule has 3 aromatic rings. The Hall–Kier alpha value is -2.96. The lowest BCUT2D eigenvalue weighted by atomic mass is 10.2. The van der Waals surface area contributed by atoms with E-state index >= 15 is 0 Å². The van der Waals surface area contributed by atoms with Crippen LogP contribution in [-0.4, -0.2) is 46.1 Å². The van der Waals surface area contributed by atoms with Crippen molar-refractivity contribution in [3.63, 3.8) is 0 Å². The summed E-state index contributed by atoms with van der Waals surface area (Å²) in [5.74, 6) is 0.695. The molecular weight excluding hydrogens is 292 g/mol. The van der Waals surface area contributed by atoms with E-state index in [1.807, 2.05) is 41.8 Å². The van der Waals surface area contributed by atoms with E-state index in [2.05, 4.69) is 20.3 Å². The van der Waals surface area contributed by atoms with Gasteiger partial charge in [0.05, 0.1) is 6.33 Å². The number of benzene rings is 1. The van der Waals surface area contributed by atoms with Gasteiger partial charge in [-0.05, 0) is 12.1 Å². The lowest BCUT2D eigenvalue weighted by Crippen LogP contribution is -2.27. The molecule has 1 amide bonds. The van der Waals surface area contributed by atoms with E-state index in [4.69, 9.17) is 0 Å². The SMILES string of the molecule is CN(C)c1ncnc2c1ncn2CCNC(=O)c1ccccc1. The zero-order valence-electron chi connectivity index (χ0n) is 13.1. The Morgan fingerprint density at radius 1 is 1.17 bits per heavy atom. The molecule has 0 aliphatic heterocycles. The highest BCUT2D eigenvalue weighted by atomic mass is 16.1. The standard InChI is InChI=1S/C16H18N6O/c1-21(2)14-13-15(19-10-18-14)22(11-20-13)9-8-17-16(23)12-6-4-3-5-7-12/h3-7,10-11H,8-9H2,1-2H3,(H,17,23). The Morgan fingerprint density at radius 3 is 2.70 bits per heavy atom. The fourth-order valence-electron chi connectivity index (χ4n) is 2.34. The maximum absolute atomic E-state index is 12.0. The summed E-state index contributed by atoms with van der Waals surface area (Å²) in [6, 6.07) is 9.16. The molecule has 2 aromatic heterocycles. The summed E-state index contributed by atoms with van der Waals surface area (Å²) < 4.78 is 1.91. The third-order valence-corrected chi connectivity index (χ3v) is 3.48. The second-order valence-corrected chi connectivity index (χ2v) is 5.32. The van der Waals surface area contributed by atoms with Gasteiger partial charge in [-0.2, -0.15) is 0 Å². The van der Waals surface area contributed by atoms with Gasteiger partial charge in [0.25, 0.3) is 5.91 Å². The number of nitrogens with zero attached hydrogens (tertiary/aromatic N) is 5. The van der Waals surface area contributed by atoms with E-state index in [0.29, 0.717) is 18.7 Å². The Balaban J connectivity index is 1.68. The first-order chi connectivity index (χ1) is 11.2. The molecule has 0 bridgehead atoms. The second kappa shape index (κ2) is 6.43. The number of amides is 1. The van der Waals surface area contributed by atoms with Gasteiger partial charge in [-0.15, -0.1) is 0 Å². The second-order valence-electron chi connectivity index (χ2n) is 5.32. The largest absolute Gasteiger partial charge is 0.361 e. The Bertz CT molecular complexity index is 812. The number of aromatic nitrogens is 4. The lowest BCUT2D eigenvalue weighted by Gasteiger charge is -2.11. The van der Waals surface area contributed by atoms with Crippen LogP contribution in [-0.2, 0) is 6.54 Å². The number of hydrogen-bond acceptors (Lipinski definition) is 5. The topological polar surface area (TPSA) is 75.9 Å². The van der Waals surface area contributed by atoms with Crippen LogP contribution in [0.25, 0.3) is 11.2 Å². The fourth-order valence-corrected chi connectivity index (χ4v) is 2.34. The molecule has 23 heavy (non-hydrogen) atoms. The summed E-state index contributed by atoms with van der Waals surface area (Å²) >= 11 is 0. The van der Waals surface area contributed by atoms with Gasteiger partial charge < -0.3 is 14.8 Å². The highest BCUT2D eigenvalue weighted by Crippen LogP contribution is 2.18. The predicted molar refractivity (Wildman–Crippen MR) is 88.4 cm³/mol. The van der Waals surface area contributed by atoms with Gasteiger partial charge in [0.1, 0.15) is 6.33 Å². The maximum atomic E-state index is 12.0. The molecule has 0 atom stereocenters. The number of hydrogen-bond donors (Lipinski definition) is 1. The molecule has 3 rings (SSSR count). The molecule has 0 saturated carbocycles. The van der Waals surface area contributed by atoms with Crippen LogP contribution >= 0.6 is 0 Å². The summed E-state index contributed by atoms with van der Waals surface area (Å²) in [5.41, 5.74) is 2.17. The van der Waals surface area contributed by atoms with Crippen molar-refractivity contribution in [2.75, 3.05) is 25.5 Å². The van der Waals surface area contributed by atoms with E-state index < -0.39 is 0 Å². The molecule has 118 valence electrons. The van der Waals surface area contributed by atoms with Crippen molar-refractivity contribution in [2.45, 2.75) is 6.54 Å². The number of carbonyl (C=O) groups excluding carboxylic acids is 1. The minimum Gasteiger partial charge on any atom is -0.361 e. The Labute approximate surface area is 134 Å². The van der Waals surface area contributed by atoms with E-state index in [1.54, 1.807) is 18.5 Å². The fraction of sp³-hybridized carbons (Fsp3) is 0.250. The molecule has 0 aliphatic rings. The number of rotatable bonds is 5. The van der Waals surface area contributed by atoms with Crippen LogP contribution in [0.3, 0.4) is 0 Å². The summed E-state index contributed by atoms with van der Waals surface area (Å²) in [6.45, 7) is 1.10. The van der Waals surface area contributed by atoms with Crippen molar-refractivity contribution in [2.24, 2.45) is 0 Å². The molecule has 0 spiro atoms. The van der Waals surface area contributed by atoms with E-state index in [9.17, 15) is 4.79 Å². The quantitative estimate of drug-likeness (QED) is 0.769. The minimum atomic E-state index is -0.0846. The van der Waals surface area contributed by atoms with Crippen molar-refractivity contribution in [3.05, 3.63) is 48.5 Å². The zero-order chi connectivity index (χ0) is 16.2. The molecule has 0 unspecified atom stereocenters. The maximum Gasteiger partial charge on any atom is 0.251 e. The summed E-state index contributed by atoms with van der Waals surface area (Å²) in [6.07, 6.45) is 3.25. The van der Waals surface area contributed by atoms with Gasteiger partial charge >= 0.3 is 0 Å². The van der Waals surface area contributed by atoms with Crippen LogP contribution in [0, 0.1) is 0 Å². The molecule has 0 aliphatic carbocycles. The average Bonchev–Trinajstić information content (AvgIpc) is 2.98. The number of nitrogens with one attached hydrogen (secondary N) is 1. The molecular formula is C16H18N6O. The van der Waals surface area contributed by atoms with E-state index in [0.717, 1.165) is 17.0 Å². The Morgan fingerprint density at radius 2 is 1.96 bits per heavy atom. The third kappa shape index (κ3) is 3.13. The normalized spacial score (nSPS) is 10.7. The molecule has 0 saturated heterocycles. The van der Waals surface area contributed by atoms with Crippen molar-refractivity contribution in [1.82, 2.24) is 24.8 Å². The Kier molecular flexibility index (Phi) is 4.18. The van der Waals surface area contributed by atoms with Gasteiger partial charge in [0, 0.05) is 32.7 Å². The summed E-state index contributed by atoms with van der Waals surface area (Å²) in [4.78, 5) is 26.8. The lowest BCUT2D eigenvalue weighted by molar-refractivity contribution is 0.0952. The highest BCUT2D eigenvalue weighted by molar-refractivity contribution is 5.94. The van der Waals surface area contributed by atoms with Gasteiger partial charge in [0.2, 0.25) is 0 Å². The van der Waals surface area contributed by atoms with Crippen molar-refractivity contribution >= 4 is 22.9 Å². The molecule has 2 heterocycles. The summed E-state index contributed by atoms with van der Waals surface area (Å²) in [7, 11) is 3.84. The predicted octanol–water partition coefficient (Wildman–Crippen LogP) is 1.32. The highest BCUT2D eigenvalue weighted by Gasteiger charge is 2.11. The van der Waals surface area contributed by atoms with Crippen LogP contribution in [0.5, 0.6) is 0 Å². The first-order valence-electron chi connectivity index (χ1n) is 7.33. The van der Waals surface area contributed by atoms with Gasteiger partial charge in [0.15, 0.2) is 17.0 Å². The van der Waals surface area contributed by atoms with Crippen LogP contribution < -0.4 is 10.2 Å². The molecule has 1 aromatic carbocycles. The third-order valence-electron chi connectivity index (χ3n) is 3.48. The molecule has 0 radical (unpaired) electrons. The number of anilines is 1. The first-order valence-corrected chi connectivity index (χ1v) is 7.33. The molecule has 0 fully saturated rings. The van der Waals surface area contributed by atoms with Crippen LogP contribution in [0.2, 0.25) is 0 Å². The smallest absolute Gasteiger partial charge is 0.251 e. The van der Waals surface area contributed by atoms with Gasteiger partial charge in [-0.3, -0.25) is 4.79 Å². The van der Waals surface area contributed by atoms with Crippen molar-refractivity contribution in [1.29, 1.82) is 0 Å². The van der Waals surface area contributed by atoms with E-state index in [1.165, 1.54) is 6.33 Å². The average molecular weight is 310 g/mol. The van der Waals surface area contributed by atoms with Crippen LogP contribution in [0.4, 0.5) is 5.82 Å². The first kappa shape index (κ1) is 15.0. The van der Waals surface area contributed by atoms with Crippen molar-refractivity contribution < 1.29 is 4.79 Å². The number of fused-ring (bicyclic) bond motifs is 1. The zero-order valence-corrected chi connectivity index (χ0v) is 13.1. The van der Waals surface area contributed by atoms with Gasteiger partial charge in [-0.25, -0.2) is 15.0 Å². The monoisotopic (exact) mass is 310 g/mol. The van der Waals surface area contributed by atoms with Crippen LogP contribution in [0.1, 0.15) is 10.4 Å². The van der Waals surface area contributed by atoms with E-state index in [-0.39, 0.29) is 5.91 Å². The molecule has 7 nitrogen and oxygen atoms in total. The molecule has 1 N–H and O–H groups in total. The van der Waals surface area contributed by atoms with Crippen LogP contribution in [0.15, 0.2) is 43.0 Å². The minimum absolute atomic E-state index is 0.0846. The molecule has 7 heteroatoms. The number of imidazole rings is 1. The summed E-state index contributed by atoms with van der Waals surface area (Å²) in [5, 5.41) is 2.90. The number of carbonyl (C=O) groups is 1.